The molecule has 0 unspecified atom stereocenters. The number of likely N-dealkylation sites (N-methyl/N-ethyl adjacent to an activating group) is 1. The molecular formula is C11H15N3O5. The number of carbonyl (C=O) groups is 4. The lowest BCUT2D eigenvalue weighted by atomic mass is 10.1. The van der Waals surface area contributed by atoms with Gasteiger partial charge in [0.25, 0.3) is 5.91 Å². The molecule has 1 aliphatic heterocycles. The summed E-state index contributed by atoms with van der Waals surface area (Å²) in [6.07, 6.45) is 1.07. The number of carboxylic acid groups (broad SMARTS) is 1. The van der Waals surface area contributed by atoms with Crippen LogP contribution in [0.4, 0.5) is 4.79 Å². The van der Waals surface area contributed by atoms with E-state index in [4.69, 9.17) is 5.11 Å². The molecule has 0 aromatic carbocycles. The largest absolute Gasteiger partial charge is 0.481 e. The summed E-state index contributed by atoms with van der Waals surface area (Å²) in [6.45, 7) is -0.365. The van der Waals surface area contributed by atoms with E-state index in [9.17, 15) is 19.2 Å². The Morgan fingerprint density at radius 1 is 1.37 bits per heavy atom. The lowest BCUT2D eigenvalue weighted by Gasteiger charge is -2.15. The molecule has 1 saturated carbocycles. The fourth-order valence-electron chi connectivity index (χ4n) is 1.91. The van der Waals surface area contributed by atoms with Crippen LogP contribution >= 0.6 is 0 Å². The van der Waals surface area contributed by atoms with Gasteiger partial charge in [0.05, 0.1) is 5.41 Å². The number of imide groups is 1. The molecule has 0 radical (unpaired) electrons. The summed E-state index contributed by atoms with van der Waals surface area (Å²) in [7, 11) is 1.47. The molecule has 0 bridgehead atoms. The zero-order valence-electron chi connectivity index (χ0n) is 10.5. The highest BCUT2D eigenvalue weighted by Crippen LogP contribution is 2.45. The average Bonchev–Trinajstić information content (AvgIpc) is 3.09. The van der Waals surface area contributed by atoms with Crippen LogP contribution in [0.1, 0.15) is 12.8 Å². The first kappa shape index (κ1) is 13.3. The number of hydrogen-bond acceptors (Lipinski definition) is 4. The molecule has 1 saturated heterocycles. The minimum atomic E-state index is -0.930. The molecule has 4 amide bonds. The van der Waals surface area contributed by atoms with Gasteiger partial charge in [0.2, 0.25) is 5.91 Å². The van der Waals surface area contributed by atoms with Crippen molar-refractivity contribution in [2.24, 2.45) is 5.41 Å². The van der Waals surface area contributed by atoms with Crippen molar-refractivity contribution in [3.8, 4) is 0 Å². The fraction of sp³-hybridized carbons (Fsp3) is 0.636. The van der Waals surface area contributed by atoms with Gasteiger partial charge < -0.3 is 15.3 Å². The Morgan fingerprint density at radius 3 is 2.42 bits per heavy atom. The molecule has 2 fully saturated rings. The van der Waals surface area contributed by atoms with Crippen molar-refractivity contribution in [3.05, 3.63) is 0 Å². The lowest BCUT2D eigenvalue weighted by Crippen LogP contribution is -2.43. The molecule has 8 nitrogen and oxygen atoms in total. The van der Waals surface area contributed by atoms with Crippen molar-refractivity contribution in [2.75, 3.05) is 26.7 Å². The minimum absolute atomic E-state index is 0.0349. The second-order valence-corrected chi connectivity index (χ2v) is 4.98. The molecule has 8 heteroatoms. The first-order chi connectivity index (χ1) is 8.85. The van der Waals surface area contributed by atoms with Gasteiger partial charge in [-0.1, -0.05) is 0 Å². The Bertz CT molecular complexity index is 457. The predicted molar refractivity (Wildman–Crippen MR) is 62.1 cm³/mol. The van der Waals surface area contributed by atoms with Gasteiger partial charge in [-0.2, -0.15) is 0 Å². The molecule has 1 heterocycles. The standard InChI is InChI=1S/C11H15N3O5/c1-13-5-8(16)14(10(13)19)4-7(15)12-6-11(2-3-11)9(17)18/h2-6H2,1H3,(H,12,15)(H,17,18). The Balaban J connectivity index is 1.84. The Hall–Kier alpha value is -2.12. The summed E-state index contributed by atoms with van der Waals surface area (Å²) in [5.41, 5.74) is -0.856. The topological polar surface area (TPSA) is 107 Å². The first-order valence-corrected chi connectivity index (χ1v) is 5.91. The zero-order chi connectivity index (χ0) is 14.2. The minimum Gasteiger partial charge on any atom is -0.481 e. The number of rotatable bonds is 5. The van der Waals surface area contributed by atoms with Crippen LogP contribution in [0.25, 0.3) is 0 Å². The molecule has 2 aliphatic rings. The van der Waals surface area contributed by atoms with E-state index in [1.54, 1.807) is 0 Å². The van der Waals surface area contributed by atoms with Gasteiger partial charge in [0.15, 0.2) is 0 Å². The van der Waals surface area contributed by atoms with E-state index >= 15 is 0 Å². The lowest BCUT2D eigenvalue weighted by molar-refractivity contribution is -0.143. The molecule has 104 valence electrons. The smallest absolute Gasteiger partial charge is 0.327 e. The van der Waals surface area contributed by atoms with E-state index in [0.29, 0.717) is 12.8 Å². The van der Waals surface area contributed by atoms with Gasteiger partial charge in [-0.15, -0.1) is 0 Å². The number of hydrogen-bond donors (Lipinski definition) is 2. The maximum Gasteiger partial charge on any atom is 0.327 e. The van der Waals surface area contributed by atoms with Crippen LogP contribution in [0.2, 0.25) is 0 Å². The molecule has 1 aliphatic carbocycles. The van der Waals surface area contributed by atoms with Crippen LogP contribution in [0.3, 0.4) is 0 Å². The van der Waals surface area contributed by atoms with E-state index in [1.807, 2.05) is 0 Å². The molecule has 0 aromatic heterocycles. The van der Waals surface area contributed by atoms with Crippen molar-refractivity contribution < 1.29 is 24.3 Å². The third-order valence-electron chi connectivity index (χ3n) is 3.46. The third-order valence-corrected chi connectivity index (χ3v) is 3.46. The van der Waals surface area contributed by atoms with Crippen LogP contribution in [-0.4, -0.2) is 65.4 Å². The van der Waals surface area contributed by atoms with Gasteiger partial charge in [0, 0.05) is 13.6 Å². The zero-order valence-corrected chi connectivity index (χ0v) is 10.5. The number of carbonyl (C=O) groups excluding carboxylic acids is 3. The van der Waals surface area contributed by atoms with Crippen molar-refractivity contribution in [1.82, 2.24) is 15.1 Å². The number of carboxylic acids is 1. The van der Waals surface area contributed by atoms with Crippen molar-refractivity contribution in [3.63, 3.8) is 0 Å². The predicted octanol–water partition coefficient (Wildman–Crippen LogP) is -1.14. The summed E-state index contributed by atoms with van der Waals surface area (Å²) in [5, 5.41) is 11.4. The van der Waals surface area contributed by atoms with Crippen molar-refractivity contribution in [2.45, 2.75) is 12.8 Å². The van der Waals surface area contributed by atoms with E-state index < -0.39 is 29.2 Å². The highest BCUT2D eigenvalue weighted by atomic mass is 16.4. The Kier molecular flexibility index (Phi) is 3.17. The van der Waals surface area contributed by atoms with Crippen LogP contribution in [0.5, 0.6) is 0 Å². The summed E-state index contributed by atoms with van der Waals surface area (Å²) in [5.74, 6) is -1.88. The number of urea groups is 1. The quantitative estimate of drug-likeness (QED) is 0.614. The summed E-state index contributed by atoms with van der Waals surface area (Å²) >= 11 is 0. The second-order valence-electron chi connectivity index (χ2n) is 4.98. The van der Waals surface area contributed by atoms with E-state index in [1.165, 1.54) is 11.9 Å². The Labute approximate surface area is 109 Å². The molecule has 0 aromatic rings. The average molecular weight is 269 g/mol. The SMILES string of the molecule is CN1CC(=O)N(CC(=O)NCC2(C(=O)O)CC2)C1=O. The van der Waals surface area contributed by atoms with Crippen LogP contribution in [0.15, 0.2) is 0 Å². The van der Waals surface area contributed by atoms with E-state index in [-0.39, 0.29) is 19.6 Å². The highest BCUT2D eigenvalue weighted by molar-refractivity contribution is 6.04. The van der Waals surface area contributed by atoms with Crippen molar-refractivity contribution in [1.29, 1.82) is 0 Å². The van der Waals surface area contributed by atoms with Gasteiger partial charge in [-0.3, -0.25) is 19.3 Å². The summed E-state index contributed by atoms with van der Waals surface area (Å²) < 4.78 is 0. The fourth-order valence-corrected chi connectivity index (χ4v) is 1.91. The number of nitrogens with zero attached hydrogens (tertiary/aromatic N) is 2. The van der Waals surface area contributed by atoms with Crippen LogP contribution in [-0.2, 0) is 14.4 Å². The molecule has 2 N–H and O–H groups in total. The maximum atomic E-state index is 11.6. The van der Waals surface area contributed by atoms with Gasteiger partial charge in [-0.25, -0.2) is 4.79 Å². The third kappa shape index (κ3) is 2.51. The van der Waals surface area contributed by atoms with Crippen LogP contribution < -0.4 is 5.32 Å². The number of aliphatic carboxylic acids is 1. The molecular weight excluding hydrogens is 254 g/mol. The normalized spacial score (nSPS) is 20.7. The molecule has 0 atom stereocenters. The number of amides is 4. The van der Waals surface area contributed by atoms with E-state index in [2.05, 4.69) is 5.32 Å². The van der Waals surface area contributed by atoms with Gasteiger partial charge in [0.1, 0.15) is 13.1 Å². The summed E-state index contributed by atoms with van der Waals surface area (Å²) in [6, 6.07) is -0.514. The summed E-state index contributed by atoms with van der Waals surface area (Å²) in [4.78, 5) is 47.6. The van der Waals surface area contributed by atoms with E-state index in [0.717, 1.165) is 4.90 Å². The maximum absolute atomic E-state index is 11.6. The van der Waals surface area contributed by atoms with Gasteiger partial charge >= 0.3 is 12.0 Å². The molecule has 0 spiro atoms. The number of nitrogens with one attached hydrogen (secondary N) is 1. The second kappa shape index (κ2) is 4.52. The highest BCUT2D eigenvalue weighted by Gasteiger charge is 2.50. The molecule has 19 heavy (non-hydrogen) atoms. The molecule has 2 rings (SSSR count). The monoisotopic (exact) mass is 269 g/mol. The van der Waals surface area contributed by atoms with Crippen LogP contribution in [0, 0.1) is 5.41 Å². The van der Waals surface area contributed by atoms with Gasteiger partial charge in [-0.05, 0) is 12.8 Å². The first-order valence-electron chi connectivity index (χ1n) is 5.91. The van der Waals surface area contributed by atoms with Crippen molar-refractivity contribution >= 4 is 23.8 Å². The Morgan fingerprint density at radius 2 is 2.00 bits per heavy atom.